The van der Waals surface area contributed by atoms with Gasteiger partial charge in [0, 0.05) is 37.9 Å². The van der Waals surface area contributed by atoms with E-state index >= 15 is 0 Å². The first-order chi connectivity index (χ1) is 8.65. The van der Waals surface area contributed by atoms with Gasteiger partial charge in [-0.3, -0.25) is 9.58 Å². The summed E-state index contributed by atoms with van der Waals surface area (Å²) >= 11 is 0. The van der Waals surface area contributed by atoms with Crippen molar-refractivity contribution in [2.75, 3.05) is 19.6 Å². The van der Waals surface area contributed by atoms with Crippen molar-refractivity contribution in [1.29, 1.82) is 0 Å². The normalized spacial score (nSPS) is 21.0. The first-order valence-corrected chi connectivity index (χ1v) is 7.07. The van der Waals surface area contributed by atoms with Gasteiger partial charge in [-0.15, -0.1) is 0 Å². The van der Waals surface area contributed by atoms with Crippen LogP contribution in [-0.2, 0) is 13.6 Å². The lowest BCUT2D eigenvalue weighted by atomic mass is 10.2. The summed E-state index contributed by atoms with van der Waals surface area (Å²) in [7, 11) is 1.98. The van der Waals surface area contributed by atoms with Crippen molar-refractivity contribution in [3.05, 3.63) is 18.0 Å². The molecule has 2 heterocycles. The maximum Gasteiger partial charge on any atom is 0.0534 e. The van der Waals surface area contributed by atoms with Crippen molar-refractivity contribution in [2.24, 2.45) is 13.0 Å². The van der Waals surface area contributed by atoms with Gasteiger partial charge in [-0.1, -0.05) is 13.8 Å². The van der Waals surface area contributed by atoms with Gasteiger partial charge < -0.3 is 5.32 Å². The lowest BCUT2D eigenvalue weighted by Gasteiger charge is -2.24. The second-order valence-corrected chi connectivity index (χ2v) is 5.84. The van der Waals surface area contributed by atoms with Gasteiger partial charge in [-0.25, -0.2) is 0 Å². The molecule has 4 nitrogen and oxygen atoms in total. The van der Waals surface area contributed by atoms with Crippen molar-refractivity contribution >= 4 is 0 Å². The highest BCUT2D eigenvalue weighted by molar-refractivity contribution is 5.04. The molecule has 18 heavy (non-hydrogen) atoms. The van der Waals surface area contributed by atoms with Crippen LogP contribution in [0.3, 0.4) is 0 Å². The van der Waals surface area contributed by atoms with E-state index in [9.17, 15) is 0 Å². The summed E-state index contributed by atoms with van der Waals surface area (Å²) in [6, 6.07) is 0.698. The summed E-state index contributed by atoms with van der Waals surface area (Å²) in [5, 5.41) is 7.83. The largest absolute Gasteiger partial charge is 0.315 e. The Bertz CT molecular complexity index is 358. The van der Waals surface area contributed by atoms with Gasteiger partial charge in [0.1, 0.15) is 0 Å². The molecule has 102 valence electrons. The fourth-order valence-corrected chi connectivity index (χ4v) is 2.66. The number of aryl methyl sites for hydroxylation is 1. The van der Waals surface area contributed by atoms with E-state index in [1.54, 1.807) is 0 Å². The summed E-state index contributed by atoms with van der Waals surface area (Å²) < 4.78 is 1.89. The van der Waals surface area contributed by atoms with E-state index in [2.05, 4.69) is 35.4 Å². The maximum atomic E-state index is 4.24. The third-order valence-corrected chi connectivity index (χ3v) is 3.58. The fraction of sp³-hybridized carbons (Fsp3) is 0.786. The topological polar surface area (TPSA) is 33.1 Å². The highest BCUT2D eigenvalue weighted by atomic mass is 15.3. The van der Waals surface area contributed by atoms with E-state index in [0.29, 0.717) is 6.04 Å². The van der Waals surface area contributed by atoms with Gasteiger partial charge >= 0.3 is 0 Å². The molecule has 1 N–H and O–H groups in total. The summed E-state index contributed by atoms with van der Waals surface area (Å²) in [5.74, 6) is 0.734. The zero-order valence-electron chi connectivity index (χ0n) is 11.9. The number of nitrogens with zero attached hydrogens (tertiary/aromatic N) is 3. The molecule has 2 rings (SSSR count). The second-order valence-electron chi connectivity index (χ2n) is 5.84. The Kier molecular flexibility index (Phi) is 4.78. The van der Waals surface area contributed by atoms with Crippen molar-refractivity contribution in [2.45, 2.75) is 39.3 Å². The average molecular weight is 250 g/mol. The van der Waals surface area contributed by atoms with Gasteiger partial charge in [0.05, 0.1) is 6.20 Å². The van der Waals surface area contributed by atoms with E-state index in [1.807, 2.05) is 17.9 Å². The van der Waals surface area contributed by atoms with Crippen LogP contribution in [0.1, 0.15) is 32.3 Å². The minimum Gasteiger partial charge on any atom is -0.315 e. The lowest BCUT2D eigenvalue weighted by Crippen LogP contribution is -2.38. The van der Waals surface area contributed by atoms with Gasteiger partial charge in [0.2, 0.25) is 0 Å². The van der Waals surface area contributed by atoms with Crippen molar-refractivity contribution in [1.82, 2.24) is 20.0 Å². The number of likely N-dealkylation sites (tertiary alicyclic amines) is 1. The first-order valence-electron chi connectivity index (χ1n) is 7.07. The van der Waals surface area contributed by atoms with Crippen LogP contribution in [0.4, 0.5) is 0 Å². The van der Waals surface area contributed by atoms with Crippen LogP contribution < -0.4 is 5.32 Å². The third kappa shape index (κ3) is 3.82. The van der Waals surface area contributed by atoms with E-state index in [0.717, 1.165) is 25.6 Å². The molecule has 0 bridgehead atoms. The van der Waals surface area contributed by atoms with E-state index < -0.39 is 0 Å². The number of hydrogen-bond donors (Lipinski definition) is 1. The molecule has 0 aliphatic carbocycles. The van der Waals surface area contributed by atoms with Crippen molar-refractivity contribution in [3.8, 4) is 0 Å². The molecule has 1 aromatic heterocycles. The summed E-state index contributed by atoms with van der Waals surface area (Å²) in [5.41, 5.74) is 1.33. The number of hydrogen-bond acceptors (Lipinski definition) is 3. The Morgan fingerprint density at radius 2 is 2.33 bits per heavy atom. The molecule has 0 amide bonds. The molecule has 1 aliphatic heterocycles. The molecule has 0 aromatic carbocycles. The molecule has 1 atom stereocenters. The smallest absolute Gasteiger partial charge is 0.0534 e. The molecule has 0 saturated carbocycles. The third-order valence-electron chi connectivity index (χ3n) is 3.58. The molecule has 4 heteroatoms. The Labute approximate surface area is 110 Å². The van der Waals surface area contributed by atoms with Crippen LogP contribution >= 0.6 is 0 Å². The van der Waals surface area contributed by atoms with Crippen molar-refractivity contribution < 1.29 is 0 Å². The van der Waals surface area contributed by atoms with Gasteiger partial charge in [0.25, 0.3) is 0 Å². The van der Waals surface area contributed by atoms with Crippen molar-refractivity contribution in [3.63, 3.8) is 0 Å². The molecular formula is C14H26N4. The van der Waals surface area contributed by atoms with E-state index in [-0.39, 0.29) is 0 Å². The highest BCUT2D eigenvalue weighted by Gasteiger charge is 2.24. The SMILES string of the molecule is CC(C)CNCC1CCCN1Cc1cnn(C)c1. The first kappa shape index (κ1) is 13.6. The quantitative estimate of drug-likeness (QED) is 0.833. The zero-order valence-corrected chi connectivity index (χ0v) is 11.9. The Hall–Kier alpha value is -0.870. The summed E-state index contributed by atoms with van der Waals surface area (Å²) in [6.45, 7) is 9.03. The molecule has 1 aliphatic rings. The zero-order chi connectivity index (χ0) is 13.0. The Balaban J connectivity index is 1.80. The van der Waals surface area contributed by atoms with Crippen LogP contribution in [0.2, 0.25) is 0 Å². The van der Waals surface area contributed by atoms with Gasteiger partial charge in [-0.2, -0.15) is 5.10 Å². The van der Waals surface area contributed by atoms with Crippen LogP contribution in [0.15, 0.2) is 12.4 Å². The van der Waals surface area contributed by atoms with E-state index in [4.69, 9.17) is 0 Å². The Morgan fingerprint density at radius 3 is 3.00 bits per heavy atom. The van der Waals surface area contributed by atoms with Crippen LogP contribution in [0, 0.1) is 5.92 Å². The standard InChI is InChI=1S/C14H26N4/c1-12(2)7-15-9-14-5-4-6-18(14)11-13-8-16-17(3)10-13/h8,10,12,14-15H,4-7,9,11H2,1-3H3. The lowest BCUT2D eigenvalue weighted by molar-refractivity contribution is 0.237. The fourth-order valence-electron chi connectivity index (χ4n) is 2.66. The molecule has 0 radical (unpaired) electrons. The predicted molar refractivity (Wildman–Crippen MR) is 74.3 cm³/mol. The van der Waals surface area contributed by atoms with Crippen LogP contribution in [-0.4, -0.2) is 40.4 Å². The summed E-state index contributed by atoms with van der Waals surface area (Å²) in [4.78, 5) is 2.59. The van der Waals surface area contributed by atoms with Gasteiger partial charge in [0.15, 0.2) is 0 Å². The van der Waals surface area contributed by atoms with Gasteiger partial charge in [-0.05, 0) is 31.8 Å². The van der Waals surface area contributed by atoms with Crippen LogP contribution in [0.5, 0.6) is 0 Å². The predicted octanol–water partition coefficient (Wildman–Crippen LogP) is 1.63. The molecule has 1 aromatic rings. The maximum absolute atomic E-state index is 4.24. The molecular weight excluding hydrogens is 224 g/mol. The van der Waals surface area contributed by atoms with E-state index in [1.165, 1.54) is 24.9 Å². The molecule has 1 saturated heterocycles. The monoisotopic (exact) mass is 250 g/mol. The summed E-state index contributed by atoms with van der Waals surface area (Å²) in [6.07, 6.45) is 6.76. The highest BCUT2D eigenvalue weighted by Crippen LogP contribution is 2.19. The Morgan fingerprint density at radius 1 is 1.50 bits per heavy atom. The number of aromatic nitrogens is 2. The number of rotatable bonds is 6. The molecule has 1 unspecified atom stereocenters. The minimum atomic E-state index is 0.698. The average Bonchev–Trinajstić information content (AvgIpc) is 2.89. The minimum absolute atomic E-state index is 0.698. The molecule has 1 fully saturated rings. The molecule has 0 spiro atoms. The number of nitrogens with one attached hydrogen (secondary N) is 1. The van der Waals surface area contributed by atoms with Crippen LogP contribution in [0.25, 0.3) is 0 Å². The second kappa shape index (κ2) is 6.34.